The Labute approximate surface area is 253 Å². The molecule has 0 unspecified atom stereocenters. The third kappa shape index (κ3) is 6.08. The number of nitrogens with one attached hydrogen (secondary N) is 2. The number of piperazine rings is 1. The molecule has 4 N–H and O–H groups in total. The van der Waals surface area contributed by atoms with E-state index < -0.39 is 0 Å². The third-order valence-corrected chi connectivity index (χ3v) is 8.08. The van der Waals surface area contributed by atoms with Gasteiger partial charge in [0.05, 0.1) is 34.7 Å². The summed E-state index contributed by atoms with van der Waals surface area (Å²) in [6, 6.07) is 17.2. The molecule has 43 heavy (non-hydrogen) atoms. The first-order valence-electron chi connectivity index (χ1n) is 14.0. The Morgan fingerprint density at radius 2 is 1.72 bits per heavy atom. The van der Waals surface area contributed by atoms with Crippen molar-refractivity contribution < 1.29 is 19.8 Å². The van der Waals surface area contributed by atoms with Crippen molar-refractivity contribution in [2.75, 3.05) is 36.4 Å². The maximum atomic E-state index is 13.8. The van der Waals surface area contributed by atoms with Crippen molar-refractivity contribution >= 4 is 40.7 Å². The molecular formula is C31H32ClN7O4. The number of para-hydroxylation sites is 2. The molecule has 11 nitrogen and oxygen atoms in total. The summed E-state index contributed by atoms with van der Waals surface area (Å²) in [5.74, 6) is 0.653. The van der Waals surface area contributed by atoms with E-state index in [1.807, 2.05) is 31.3 Å². The van der Waals surface area contributed by atoms with Gasteiger partial charge in [-0.25, -0.2) is 4.79 Å². The summed E-state index contributed by atoms with van der Waals surface area (Å²) in [5, 5.41) is 30.4. The molecule has 4 aromatic rings. The molecule has 3 amide bonds. The Bertz CT molecular complexity index is 1660. The topological polar surface area (TPSA) is 126 Å². The number of urea groups is 1. The van der Waals surface area contributed by atoms with E-state index in [2.05, 4.69) is 20.6 Å². The van der Waals surface area contributed by atoms with Crippen molar-refractivity contribution in [3.05, 3.63) is 94.1 Å². The molecular weight excluding hydrogens is 570 g/mol. The number of phenols is 2. The van der Waals surface area contributed by atoms with Crippen LogP contribution < -0.4 is 15.5 Å². The molecule has 6 rings (SSSR count). The van der Waals surface area contributed by atoms with Crippen LogP contribution in [0.4, 0.5) is 22.0 Å². The number of hydrogen-bond acceptors (Lipinski definition) is 7. The average Bonchev–Trinajstić information content (AvgIpc) is 3.23. The van der Waals surface area contributed by atoms with E-state index in [0.29, 0.717) is 49.9 Å². The number of rotatable bonds is 5. The number of amides is 3. The summed E-state index contributed by atoms with van der Waals surface area (Å²) in [6.45, 7) is 3.62. The normalized spacial score (nSPS) is 14.8. The van der Waals surface area contributed by atoms with Crippen LogP contribution in [-0.4, -0.2) is 67.9 Å². The van der Waals surface area contributed by atoms with Crippen molar-refractivity contribution in [1.82, 2.24) is 24.9 Å². The highest BCUT2D eigenvalue weighted by molar-refractivity contribution is 6.34. The van der Waals surface area contributed by atoms with Gasteiger partial charge in [0, 0.05) is 57.9 Å². The zero-order chi connectivity index (χ0) is 30.1. The molecule has 0 spiro atoms. The van der Waals surface area contributed by atoms with E-state index in [9.17, 15) is 19.8 Å². The molecule has 3 aromatic carbocycles. The molecule has 2 aliphatic heterocycles. The minimum atomic E-state index is -0.231. The van der Waals surface area contributed by atoms with Crippen LogP contribution in [0.5, 0.6) is 11.5 Å². The number of nitrogens with zero attached hydrogens (tertiary/aromatic N) is 5. The first-order valence-corrected chi connectivity index (χ1v) is 14.4. The number of anilines is 3. The predicted octanol–water partition coefficient (Wildman–Crippen LogP) is 4.42. The molecule has 0 radical (unpaired) electrons. The van der Waals surface area contributed by atoms with Crippen LogP contribution in [-0.2, 0) is 26.7 Å². The lowest BCUT2D eigenvalue weighted by Crippen LogP contribution is -2.51. The van der Waals surface area contributed by atoms with Gasteiger partial charge in [0.15, 0.2) is 0 Å². The lowest BCUT2D eigenvalue weighted by molar-refractivity contribution is 0.0985. The van der Waals surface area contributed by atoms with Gasteiger partial charge in [-0.15, -0.1) is 0 Å². The molecule has 0 aliphatic carbocycles. The number of aromatic hydroxyl groups is 2. The second-order valence-electron chi connectivity index (χ2n) is 10.8. The summed E-state index contributed by atoms with van der Waals surface area (Å²) in [4.78, 5) is 32.3. The van der Waals surface area contributed by atoms with E-state index >= 15 is 0 Å². The Kier molecular flexibility index (Phi) is 7.83. The summed E-state index contributed by atoms with van der Waals surface area (Å²) in [7, 11) is 1.85. The first-order chi connectivity index (χ1) is 20.7. The second kappa shape index (κ2) is 11.9. The number of aromatic nitrogens is 2. The summed E-state index contributed by atoms with van der Waals surface area (Å²) >= 11 is 6.64. The van der Waals surface area contributed by atoms with Crippen LogP contribution in [0.3, 0.4) is 0 Å². The van der Waals surface area contributed by atoms with Gasteiger partial charge in [-0.3, -0.25) is 14.4 Å². The number of benzene rings is 3. The molecule has 222 valence electrons. The number of carbonyl (C=O) groups is 2. The second-order valence-corrected chi connectivity index (χ2v) is 11.2. The van der Waals surface area contributed by atoms with Crippen molar-refractivity contribution in [2.24, 2.45) is 7.05 Å². The Hall–Kier alpha value is -4.74. The number of halogens is 1. The van der Waals surface area contributed by atoms with Crippen molar-refractivity contribution in [1.29, 1.82) is 0 Å². The van der Waals surface area contributed by atoms with Gasteiger partial charge in [0.1, 0.15) is 17.3 Å². The molecule has 0 bridgehead atoms. The minimum Gasteiger partial charge on any atom is -0.508 e. The molecule has 12 heteroatoms. The zero-order valence-corrected chi connectivity index (χ0v) is 24.4. The molecule has 2 aliphatic rings. The highest BCUT2D eigenvalue weighted by Gasteiger charge is 2.28. The first kappa shape index (κ1) is 28.4. The van der Waals surface area contributed by atoms with E-state index in [0.717, 1.165) is 33.9 Å². The quantitative estimate of drug-likeness (QED) is 0.267. The standard InChI is InChI=1S/C31H32ClN7O4/c1-36-29-22(17-34-36)19-39(28-5-3-2-4-27(28)35-29)30(42)25-7-6-20(14-26(25)32)16-33-31(43)38-10-8-37(9-11-38)18-21-12-23(40)15-24(41)13-21/h2-7,12-15,17,35,40-41H,8-11,16,18-19H2,1H3,(H,33,43). The van der Waals surface area contributed by atoms with Crippen molar-refractivity contribution in [3.8, 4) is 11.5 Å². The summed E-state index contributed by atoms with van der Waals surface area (Å²) < 4.78 is 1.75. The van der Waals surface area contributed by atoms with Crippen LogP contribution in [0.15, 0.2) is 66.9 Å². The Balaban J connectivity index is 1.07. The lowest BCUT2D eigenvalue weighted by atomic mass is 10.1. The highest BCUT2D eigenvalue weighted by atomic mass is 35.5. The number of fused-ring (bicyclic) bond motifs is 2. The SMILES string of the molecule is Cn1ncc2c1Nc1ccccc1N(C(=O)c1ccc(CNC(=O)N3CCN(Cc4cc(O)cc(O)c4)CC3)cc1Cl)C2. The van der Waals surface area contributed by atoms with Gasteiger partial charge in [-0.05, 0) is 47.5 Å². The van der Waals surface area contributed by atoms with Gasteiger partial charge in [0.25, 0.3) is 5.91 Å². The molecule has 0 saturated carbocycles. The van der Waals surface area contributed by atoms with Crippen LogP contribution in [0.2, 0.25) is 5.02 Å². The number of aryl methyl sites for hydroxylation is 1. The Morgan fingerprint density at radius 1 is 0.977 bits per heavy atom. The van der Waals surface area contributed by atoms with Crippen LogP contribution in [0.1, 0.15) is 27.0 Å². The summed E-state index contributed by atoms with van der Waals surface area (Å²) in [6.07, 6.45) is 1.75. The molecule has 0 atom stereocenters. The van der Waals surface area contributed by atoms with Gasteiger partial charge in [0.2, 0.25) is 0 Å². The third-order valence-electron chi connectivity index (χ3n) is 7.77. The summed E-state index contributed by atoms with van der Waals surface area (Å²) in [5.41, 5.74) is 4.40. The van der Waals surface area contributed by atoms with Gasteiger partial charge < -0.3 is 30.6 Å². The Morgan fingerprint density at radius 3 is 2.47 bits per heavy atom. The largest absolute Gasteiger partial charge is 0.508 e. The maximum absolute atomic E-state index is 13.8. The lowest BCUT2D eigenvalue weighted by Gasteiger charge is -2.34. The minimum absolute atomic E-state index is 0.0263. The molecule has 1 aromatic heterocycles. The smallest absolute Gasteiger partial charge is 0.317 e. The van der Waals surface area contributed by atoms with Gasteiger partial charge in [-0.2, -0.15) is 5.10 Å². The fraction of sp³-hybridized carbons (Fsp3) is 0.258. The highest BCUT2D eigenvalue weighted by Crippen LogP contribution is 2.36. The fourth-order valence-corrected chi connectivity index (χ4v) is 5.81. The van der Waals surface area contributed by atoms with Crippen LogP contribution in [0.25, 0.3) is 0 Å². The average molecular weight is 602 g/mol. The monoisotopic (exact) mass is 601 g/mol. The maximum Gasteiger partial charge on any atom is 0.317 e. The number of phenolic OH excluding ortho intramolecular Hbond substituents is 2. The van der Waals surface area contributed by atoms with Gasteiger partial charge >= 0.3 is 6.03 Å². The zero-order valence-electron chi connectivity index (χ0n) is 23.6. The number of carbonyl (C=O) groups excluding carboxylic acids is 2. The molecule has 1 fully saturated rings. The van der Waals surface area contributed by atoms with Gasteiger partial charge in [-0.1, -0.05) is 29.8 Å². The predicted molar refractivity (Wildman–Crippen MR) is 164 cm³/mol. The van der Waals surface area contributed by atoms with E-state index in [1.54, 1.807) is 51.0 Å². The molecule has 3 heterocycles. The number of hydrogen-bond donors (Lipinski definition) is 4. The van der Waals surface area contributed by atoms with E-state index in [4.69, 9.17) is 11.6 Å². The van der Waals surface area contributed by atoms with Crippen molar-refractivity contribution in [2.45, 2.75) is 19.6 Å². The van der Waals surface area contributed by atoms with Crippen LogP contribution in [0, 0.1) is 0 Å². The van der Waals surface area contributed by atoms with Crippen molar-refractivity contribution in [3.63, 3.8) is 0 Å². The van der Waals surface area contributed by atoms with E-state index in [1.165, 1.54) is 6.07 Å². The fourth-order valence-electron chi connectivity index (χ4n) is 5.53. The molecule has 1 saturated heterocycles. The van der Waals surface area contributed by atoms with Crippen LogP contribution >= 0.6 is 11.6 Å². The van der Waals surface area contributed by atoms with E-state index in [-0.39, 0.29) is 30.0 Å².